The number of nitrogens with zero attached hydrogens (tertiary/aromatic N) is 4. The van der Waals surface area contributed by atoms with Crippen molar-refractivity contribution >= 4 is 42.6 Å². The van der Waals surface area contributed by atoms with Crippen LogP contribution in [-0.4, -0.2) is 67.8 Å². The zero-order valence-electron chi connectivity index (χ0n) is 19.0. The number of piperidine rings is 1. The molecule has 2 aliphatic heterocycles. The van der Waals surface area contributed by atoms with Gasteiger partial charge in [0.2, 0.25) is 15.9 Å². The number of anilines is 1. The highest BCUT2D eigenvalue weighted by Crippen LogP contribution is 2.31. The first kappa shape index (κ1) is 23.2. The summed E-state index contributed by atoms with van der Waals surface area (Å²) in [6.45, 7) is 5.18. The Kier molecular flexibility index (Phi) is 6.30. The lowest BCUT2D eigenvalue weighted by Crippen LogP contribution is -2.53. The molecule has 0 bridgehead atoms. The number of piperazine rings is 1. The molecule has 2 aliphatic rings. The summed E-state index contributed by atoms with van der Waals surface area (Å²) >= 11 is 1.67. The van der Waals surface area contributed by atoms with E-state index < -0.39 is 15.8 Å². The lowest BCUT2D eigenvalue weighted by Gasteiger charge is -2.38. The van der Waals surface area contributed by atoms with Crippen LogP contribution in [0.25, 0.3) is 10.2 Å². The number of hydrogen-bond acceptors (Lipinski definition) is 6. The highest BCUT2D eigenvalue weighted by Gasteiger charge is 2.36. The Morgan fingerprint density at radius 2 is 1.79 bits per heavy atom. The van der Waals surface area contributed by atoms with Crippen LogP contribution in [-0.2, 0) is 14.8 Å². The molecule has 3 heterocycles. The molecule has 10 heteroatoms. The standard InChI is InChI=1S/C24H27FN4O3S2/c1-17-4-2-6-21-22(17)26-24(33-21)28-14-12-27(13-15-28)23(30)18-5-3-11-29(16-18)34(31,32)20-9-7-19(25)8-10-20/h2,4,6-10,18H,3,5,11-16H2,1H3. The molecular formula is C24H27FN4O3S2. The van der Waals surface area contributed by atoms with Gasteiger partial charge in [0.15, 0.2) is 5.13 Å². The lowest BCUT2D eigenvalue weighted by molar-refractivity contribution is -0.137. The molecule has 2 fully saturated rings. The molecule has 7 nitrogen and oxygen atoms in total. The molecule has 1 atom stereocenters. The van der Waals surface area contributed by atoms with Crippen molar-refractivity contribution in [3.05, 3.63) is 53.8 Å². The quantitative estimate of drug-likeness (QED) is 0.546. The first-order chi connectivity index (χ1) is 16.3. The Balaban J connectivity index is 1.22. The van der Waals surface area contributed by atoms with Crippen LogP contribution in [0.5, 0.6) is 0 Å². The molecule has 1 unspecified atom stereocenters. The number of aromatic nitrogens is 1. The Bertz CT molecular complexity index is 1300. The molecule has 0 spiro atoms. The van der Waals surface area contributed by atoms with Crippen LogP contribution in [0.4, 0.5) is 9.52 Å². The summed E-state index contributed by atoms with van der Waals surface area (Å²) in [7, 11) is -3.76. The number of fused-ring (bicyclic) bond motifs is 1. The molecule has 0 saturated carbocycles. The van der Waals surface area contributed by atoms with Gasteiger partial charge in [-0.15, -0.1) is 0 Å². The minimum absolute atomic E-state index is 0.0128. The maximum Gasteiger partial charge on any atom is 0.243 e. The van der Waals surface area contributed by atoms with Gasteiger partial charge in [0, 0.05) is 39.3 Å². The Morgan fingerprint density at radius 1 is 1.06 bits per heavy atom. The fraction of sp³-hybridized carbons (Fsp3) is 0.417. The summed E-state index contributed by atoms with van der Waals surface area (Å²) in [6, 6.07) is 11.0. The van der Waals surface area contributed by atoms with Gasteiger partial charge in [0.1, 0.15) is 5.82 Å². The Morgan fingerprint density at radius 3 is 2.50 bits per heavy atom. The third kappa shape index (κ3) is 4.42. The van der Waals surface area contributed by atoms with Gasteiger partial charge >= 0.3 is 0 Å². The minimum Gasteiger partial charge on any atom is -0.345 e. The molecule has 34 heavy (non-hydrogen) atoms. The van der Waals surface area contributed by atoms with E-state index in [0.29, 0.717) is 45.6 Å². The number of carbonyl (C=O) groups is 1. The molecule has 2 saturated heterocycles. The number of hydrogen-bond donors (Lipinski definition) is 0. The van der Waals surface area contributed by atoms with Crippen molar-refractivity contribution in [2.45, 2.75) is 24.7 Å². The van der Waals surface area contributed by atoms with E-state index in [9.17, 15) is 17.6 Å². The first-order valence-corrected chi connectivity index (χ1v) is 13.7. The molecule has 0 radical (unpaired) electrons. The third-order valence-corrected chi connectivity index (χ3v) is 9.62. The largest absolute Gasteiger partial charge is 0.345 e. The van der Waals surface area contributed by atoms with E-state index in [2.05, 4.69) is 24.0 Å². The predicted molar refractivity (Wildman–Crippen MR) is 131 cm³/mol. The average molecular weight is 503 g/mol. The van der Waals surface area contributed by atoms with Crippen LogP contribution in [0, 0.1) is 18.7 Å². The first-order valence-electron chi connectivity index (χ1n) is 11.5. The highest BCUT2D eigenvalue weighted by atomic mass is 32.2. The van der Waals surface area contributed by atoms with E-state index in [-0.39, 0.29) is 23.3 Å². The summed E-state index contributed by atoms with van der Waals surface area (Å²) in [5, 5.41) is 0.977. The van der Waals surface area contributed by atoms with Crippen LogP contribution >= 0.6 is 11.3 Å². The number of rotatable bonds is 4. The summed E-state index contributed by atoms with van der Waals surface area (Å²) in [6.07, 6.45) is 1.30. The van der Waals surface area contributed by atoms with Gasteiger partial charge in [-0.1, -0.05) is 23.5 Å². The minimum atomic E-state index is -3.76. The number of halogens is 1. The Hall–Kier alpha value is -2.56. The second-order valence-electron chi connectivity index (χ2n) is 8.89. The zero-order chi connectivity index (χ0) is 23.9. The fourth-order valence-electron chi connectivity index (χ4n) is 4.70. The van der Waals surface area contributed by atoms with E-state index >= 15 is 0 Å². The second kappa shape index (κ2) is 9.24. The van der Waals surface area contributed by atoms with Crippen molar-refractivity contribution in [1.29, 1.82) is 0 Å². The number of para-hydroxylation sites is 1. The number of carbonyl (C=O) groups excluding carboxylic acids is 1. The molecule has 3 aromatic rings. The number of benzene rings is 2. The molecule has 1 aromatic heterocycles. The topological polar surface area (TPSA) is 73.8 Å². The monoisotopic (exact) mass is 502 g/mol. The zero-order valence-corrected chi connectivity index (χ0v) is 20.6. The van der Waals surface area contributed by atoms with Crippen LogP contribution in [0.1, 0.15) is 18.4 Å². The van der Waals surface area contributed by atoms with Crippen LogP contribution in [0.3, 0.4) is 0 Å². The van der Waals surface area contributed by atoms with E-state index in [1.165, 1.54) is 16.4 Å². The van der Waals surface area contributed by atoms with Gasteiger partial charge in [-0.3, -0.25) is 4.79 Å². The molecule has 1 amide bonds. The van der Waals surface area contributed by atoms with Crippen molar-refractivity contribution in [2.75, 3.05) is 44.2 Å². The average Bonchev–Trinajstić information content (AvgIpc) is 3.30. The van der Waals surface area contributed by atoms with Crippen LogP contribution in [0.15, 0.2) is 47.4 Å². The van der Waals surface area contributed by atoms with Gasteiger partial charge in [0.25, 0.3) is 0 Å². The highest BCUT2D eigenvalue weighted by molar-refractivity contribution is 7.89. The summed E-state index contributed by atoms with van der Waals surface area (Å²) < 4.78 is 41.8. The van der Waals surface area contributed by atoms with Crippen LogP contribution < -0.4 is 4.90 Å². The third-order valence-electron chi connectivity index (χ3n) is 6.66. The van der Waals surface area contributed by atoms with Gasteiger partial charge in [0.05, 0.1) is 21.0 Å². The van der Waals surface area contributed by atoms with Crippen LogP contribution in [0.2, 0.25) is 0 Å². The molecule has 2 aromatic carbocycles. The van der Waals surface area contributed by atoms with E-state index in [0.717, 1.165) is 33.0 Å². The van der Waals surface area contributed by atoms with E-state index in [4.69, 9.17) is 4.98 Å². The van der Waals surface area contributed by atoms with Crippen molar-refractivity contribution in [1.82, 2.24) is 14.2 Å². The van der Waals surface area contributed by atoms with Crippen molar-refractivity contribution in [3.8, 4) is 0 Å². The normalized spacial score (nSPS) is 20.1. The van der Waals surface area contributed by atoms with E-state index in [1.807, 2.05) is 11.0 Å². The summed E-state index contributed by atoms with van der Waals surface area (Å²) in [4.78, 5) is 22.2. The predicted octanol–water partition coefficient (Wildman–Crippen LogP) is 3.49. The van der Waals surface area contributed by atoms with Crippen molar-refractivity contribution < 1.29 is 17.6 Å². The lowest BCUT2D eigenvalue weighted by atomic mass is 9.98. The second-order valence-corrected chi connectivity index (χ2v) is 11.8. The SMILES string of the molecule is Cc1cccc2sc(N3CCN(C(=O)C4CCCN(S(=O)(=O)c5ccc(F)cc5)C4)CC3)nc12. The van der Waals surface area contributed by atoms with Gasteiger partial charge < -0.3 is 9.80 Å². The van der Waals surface area contributed by atoms with Gasteiger partial charge in [-0.25, -0.2) is 17.8 Å². The Labute approximate surface area is 202 Å². The van der Waals surface area contributed by atoms with Crippen molar-refractivity contribution in [2.24, 2.45) is 5.92 Å². The van der Waals surface area contributed by atoms with Gasteiger partial charge in [-0.2, -0.15) is 4.31 Å². The molecule has 0 aliphatic carbocycles. The number of aryl methyl sites for hydroxylation is 1. The maximum absolute atomic E-state index is 13.3. The number of sulfonamides is 1. The van der Waals surface area contributed by atoms with Crippen molar-refractivity contribution in [3.63, 3.8) is 0 Å². The fourth-order valence-corrected chi connectivity index (χ4v) is 7.32. The molecule has 5 rings (SSSR count). The maximum atomic E-state index is 13.3. The molecule has 0 N–H and O–H groups in total. The smallest absolute Gasteiger partial charge is 0.243 e. The number of thiazole rings is 1. The molecule has 180 valence electrons. The number of amides is 1. The van der Waals surface area contributed by atoms with E-state index in [1.54, 1.807) is 11.3 Å². The molecular weight excluding hydrogens is 475 g/mol. The summed E-state index contributed by atoms with van der Waals surface area (Å²) in [5.41, 5.74) is 2.19. The van der Waals surface area contributed by atoms with Gasteiger partial charge in [-0.05, 0) is 55.7 Å². The summed E-state index contributed by atoms with van der Waals surface area (Å²) in [5.74, 6) is -0.829.